The molecule has 0 saturated carbocycles. The van der Waals surface area contributed by atoms with E-state index in [9.17, 15) is 8.42 Å². The van der Waals surface area contributed by atoms with Crippen molar-refractivity contribution in [1.29, 1.82) is 0 Å². The minimum atomic E-state index is -3.62. The summed E-state index contributed by atoms with van der Waals surface area (Å²) in [7, 11) is -3.62. The molecule has 0 aromatic carbocycles. The van der Waals surface area contributed by atoms with Crippen LogP contribution in [0.5, 0.6) is 0 Å². The Balaban J connectivity index is 2.15. The fourth-order valence-electron chi connectivity index (χ4n) is 2.47. The number of nitrogens with one attached hydrogen (secondary N) is 1. The molecule has 1 aliphatic rings. The molecule has 1 aromatic rings. The molecule has 1 aliphatic heterocycles. The van der Waals surface area contributed by atoms with E-state index in [-0.39, 0.29) is 17.7 Å². The zero-order valence-electron chi connectivity index (χ0n) is 12.7. The van der Waals surface area contributed by atoms with E-state index in [4.69, 9.17) is 9.84 Å². The van der Waals surface area contributed by atoms with Gasteiger partial charge in [-0.05, 0) is 31.9 Å². The van der Waals surface area contributed by atoms with Crippen molar-refractivity contribution in [3.63, 3.8) is 0 Å². The molecule has 2 N–H and O–H groups in total. The Morgan fingerprint density at radius 2 is 2.32 bits per heavy atom. The molecule has 1 saturated heterocycles. The standard InChI is InChI=1S/C14H23N3O4S/c1-2-21-12-5-4-9-17(11-12)22(19,20)14-7-3-6-13(16-14)15-8-10-18/h3,6-7,12,18H,2,4-5,8-11H2,1H3,(H,15,16). The average molecular weight is 329 g/mol. The van der Waals surface area contributed by atoms with Gasteiger partial charge >= 0.3 is 0 Å². The lowest BCUT2D eigenvalue weighted by atomic mass is 10.1. The maximum atomic E-state index is 12.7. The molecule has 2 heterocycles. The van der Waals surface area contributed by atoms with Gasteiger partial charge in [0.15, 0.2) is 5.03 Å². The minimum absolute atomic E-state index is 0.0209. The normalized spacial score (nSPS) is 20.0. The van der Waals surface area contributed by atoms with Crippen LogP contribution in [-0.2, 0) is 14.8 Å². The van der Waals surface area contributed by atoms with Crippen molar-refractivity contribution in [2.75, 3.05) is 38.2 Å². The van der Waals surface area contributed by atoms with E-state index in [0.717, 1.165) is 12.8 Å². The number of sulfonamides is 1. The van der Waals surface area contributed by atoms with E-state index < -0.39 is 10.0 Å². The zero-order chi connectivity index (χ0) is 16.0. The first-order chi connectivity index (χ1) is 10.6. The summed E-state index contributed by atoms with van der Waals surface area (Å²) in [4.78, 5) is 4.14. The largest absolute Gasteiger partial charge is 0.395 e. The van der Waals surface area contributed by atoms with Crippen LogP contribution in [0.3, 0.4) is 0 Å². The molecule has 22 heavy (non-hydrogen) atoms. The Morgan fingerprint density at radius 3 is 3.05 bits per heavy atom. The second-order valence-corrected chi connectivity index (χ2v) is 6.98. The number of aromatic nitrogens is 1. The summed E-state index contributed by atoms with van der Waals surface area (Å²) in [5.41, 5.74) is 0. The molecular weight excluding hydrogens is 306 g/mol. The number of anilines is 1. The average Bonchev–Trinajstić information content (AvgIpc) is 2.54. The number of pyridine rings is 1. The summed E-state index contributed by atoms with van der Waals surface area (Å²) in [6.07, 6.45) is 1.61. The molecule has 1 unspecified atom stereocenters. The summed E-state index contributed by atoms with van der Waals surface area (Å²) < 4.78 is 32.4. The van der Waals surface area contributed by atoms with Gasteiger partial charge in [-0.1, -0.05) is 6.07 Å². The molecule has 0 amide bonds. The van der Waals surface area contributed by atoms with E-state index in [1.807, 2.05) is 6.92 Å². The maximum Gasteiger partial charge on any atom is 0.260 e. The predicted molar refractivity (Wildman–Crippen MR) is 83.2 cm³/mol. The second kappa shape index (κ2) is 7.87. The van der Waals surface area contributed by atoms with E-state index in [1.165, 1.54) is 10.4 Å². The van der Waals surface area contributed by atoms with Crippen LogP contribution in [-0.4, -0.2) is 61.8 Å². The topological polar surface area (TPSA) is 91.8 Å². The van der Waals surface area contributed by atoms with Gasteiger partial charge in [-0.25, -0.2) is 13.4 Å². The fraction of sp³-hybridized carbons (Fsp3) is 0.643. The van der Waals surface area contributed by atoms with Crippen LogP contribution >= 0.6 is 0 Å². The van der Waals surface area contributed by atoms with Crippen molar-refractivity contribution in [3.05, 3.63) is 18.2 Å². The quantitative estimate of drug-likeness (QED) is 0.764. The van der Waals surface area contributed by atoms with Crippen molar-refractivity contribution >= 4 is 15.8 Å². The lowest BCUT2D eigenvalue weighted by Gasteiger charge is -2.31. The number of hydrogen-bond acceptors (Lipinski definition) is 6. The number of hydrogen-bond donors (Lipinski definition) is 2. The van der Waals surface area contributed by atoms with Crippen molar-refractivity contribution in [3.8, 4) is 0 Å². The molecule has 1 fully saturated rings. The summed E-state index contributed by atoms with van der Waals surface area (Å²) in [6, 6.07) is 4.81. The van der Waals surface area contributed by atoms with Crippen molar-refractivity contribution < 1.29 is 18.3 Å². The number of ether oxygens (including phenoxy) is 1. The van der Waals surface area contributed by atoms with Crippen LogP contribution in [0.2, 0.25) is 0 Å². The van der Waals surface area contributed by atoms with Crippen LogP contribution in [0, 0.1) is 0 Å². The number of aliphatic hydroxyl groups is 1. The molecular formula is C14H23N3O4S. The SMILES string of the molecule is CCOC1CCCN(S(=O)(=O)c2cccc(NCCO)n2)C1. The number of aliphatic hydroxyl groups excluding tert-OH is 1. The highest BCUT2D eigenvalue weighted by atomic mass is 32.2. The van der Waals surface area contributed by atoms with Crippen LogP contribution in [0.1, 0.15) is 19.8 Å². The van der Waals surface area contributed by atoms with Crippen LogP contribution in [0.4, 0.5) is 5.82 Å². The second-order valence-electron chi connectivity index (χ2n) is 5.09. The fourth-order valence-corrected chi connectivity index (χ4v) is 3.93. The number of rotatable bonds is 7. The van der Waals surface area contributed by atoms with Gasteiger partial charge in [0.1, 0.15) is 5.82 Å². The molecule has 7 nitrogen and oxygen atoms in total. The minimum Gasteiger partial charge on any atom is -0.395 e. The van der Waals surface area contributed by atoms with Crippen molar-refractivity contribution in [1.82, 2.24) is 9.29 Å². The lowest BCUT2D eigenvalue weighted by Crippen LogP contribution is -2.43. The third-order valence-corrected chi connectivity index (χ3v) is 5.26. The molecule has 1 atom stereocenters. The van der Waals surface area contributed by atoms with Gasteiger partial charge < -0.3 is 15.2 Å². The highest BCUT2D eigenvalue weighted by Crippen LogP contribution is 2.21. The first-order valence-electron chi connectivity index (χ1n) is 7.51. The van der Waals surface area contributed by atoms with Crippen LogP contribution in [0.25, 0.3) is 0 Å². The molecule has 0 spiro atoms. The van der Waals surface area contributed by atoms with Gasteiger partial charge in [0, 0.05) is 26.2 Å². The first kappa shape index (κ1) is 17.1. The van der Waals surface area contributed by atoms with Gasteiger partial charge in [-0.3, -0.25) is 0 Å². The van der Waals surface area contributed by atoms with Crippen LogP contribution in [0.15, 0.2) is 23.2 Å². The Labute approximate surface area is 131 Å². The summed E-state index contributed by atoms with van der Waals surface area (Å²) in [5, 5.41) is 11.7. The van der Waals surface area contributed by atoms with E-state index in [1.54, 1.807) is 12.1 Å². The highest BCUT2D eigenvalue weighted by Gasteiger charge is 2.31. The highest BCUT2D eigenvalue weighted by molar-refractivity contribution is 7.89. The Morgan fingerprint density at radius 1 is 1.50 bits per heavy atom. The monoisotopic (exact) mass is 329 g/mol. The lowest BCUT2D eigenvalue weighted by molar-refractivity contribution is 0.0264. The first-order valence-corrected chi connectivity index (χ1v) is 8.95. The van der Waals surface area contributed by atoms with Gasteiger partial charge in [-0.15, -0.1) is 0 Å². The Bertz CT molecular complexity index is 577. The number of piperidine rings is 1. The summed E-state index contributed by atoms with van der Waals surface area (Å²) >= 11 is 0. The summed E-state index contributed by atoms with van der Waals surface area (Å²) in [5.74, 6) is 0.438. The molecule has 1 aromatic heterocycles. The Hall–Kier alpha value is -1.22. The molecule has 0 radical (unpaired) electrons. The molecule has 0 bridgehead atoms. The summed E-state index contributed by atoms with van der Waals surface area (Å²) in [6.45, 7) is 3.63. The Kier molecular flexibility index (Phi) is 6.13. The molecule has 124 valence electrons. The van der Waals surface area contributed by atoms with Gasteiger partial charge in [-0.2, -0.15) is 4.31 Å². The third-order valence-electron chi connectivity index (χ3n) is 3.49. The van der Waals surface area contributed by atoms with E-state index in [0.29, 0.717) is 32.1 Å². The van der Waals surface area contributed by atoms with E-state index >= 15 is 0 Å². The van der Waals surface area contributed by atoms with Gasteiger partial charge in [0.2, 0.25) is 0 Å². The maximum absolute atomic E-state index is 12.7. The van der Waals surface area contributed by atoms with Crippen LogP contribution < -0.4 is 5.32 Å². The van der Waals surface area contributed by atoms with E-state index in [2.05, 4.69) is 10.3 Å². The predicted octanol–water partition coefficient (Wildman–Crippen LogP) is 0.675. The smallest absolute Gasteiger partial charge is 0.260 e. The number of nitrogens with zero attached hydrogens (tertiary/aromatic N) is 2. The van der Waals surface area contributed by atoms with Crippen molar-refractivity contribution in [2.24, 2.45) is 0 Å². The molecule has 0 aliphatic carbocycles. The third kappa shape index (κ3) is 4.16. The van der Waals surface area contributed by atoms with Gasteiger partial charge in [0.25, 0.3) is 10.0 Å². The van der Waals surface area contributed by atoms with Crippen molar-refractivity contribution in [2.45, 2.75) is 30.9 Å². The molecule has 2 rings (SSSR count). The zero-order valence-corrected chi connectivity index (χ0v) is 13.6. The molecule has 8 heteroatoms. The van der Waals surface area contributed by atoms with Gasteiger partial charge in [0.05, 0.1) is 12.7 Å².